The first-order valence-corrected chi connectivity index (χ1v) is 7.84. The van der Waals surface area contributed by atoms with Gasteiger partial charge in [0, 0.05) is 18.5 Å². The molecule has 24 heavy (non-hydrogen) atoms. The van der Waals surface area contributed by atoms with Gasteiger partial charge in [-0.05, 0) is 35.2 Å². The lowest BCUT2D eigenvalue weighted by Crippen LogP contribution is -2.23. The molecule has 0 spiro atoms. The molecule has 0 radical (unpaired) electrons. The Balaban J connectivity index is 1.48. The minimum atomic E-state index is -0.264. The van der Waals surface area contributed by atoms with Crippen LogP contribution in [0.4, 0.5) is 4.39 Å². The fourth-order valence-electron chi connectivity index (χ4n) is 2.48. The second-order valence-corrected chi connectivity index (χ2v) is 5.58. The molecule has 3 aromatic rings. The smallest absolute Gasteiger partial charge is 0.220 e. The first-order valence-electron chi connectivity index (χ1n) is 7.84. The molecule has 1 heterocycles. The predicted octanol–water partition coefficient (Wildman–Crippen LogP) is 4.33. The van der Waals surface area contributed by atoms with E-state index in [-0.39, 0.29) is 18.1 Å². The second-order valence-electron chi connectivity index (χ2n) is 5.58. The molecule has 3 rings (SSSR count). The van der Waals surface area contributed by atoms with Gasteiger partial charge in [-0.3, -0.25) is 4.79 Å². The Bertz CT molecular complexity index is 795. The molecule has 3 nitrogen and oxygen atoms in total. The zero-order valence-electron chi connectivity index (χ0n) is 13.2. The number of rotatable bonds is 6. The van der Waals surface area contributed by atoms with Crippen LogP contribution < -0.4 is 5.32 Å². The molecular formula is C20H18FNO2. The van der Waals surface area contributed by atoms with E-state index < -0.39 is 0 Å². The number of furan rings is 1. The van der Waals surface area contributed by atoms with Gasteiger partial charge in [-0.2, -0.15) is 0 Å². The van der Waals surface area contributed by atoms with Gasteiger partial charge in [-0.15, -0.1) is 0 Å². The van der Waals surface area contributed by atoms with Gasteiger partial charge >= 0.3 is 0 Å². The topological polar surface area (TPSA) is 42.2 Å². The number of benzene rings is 2. The molecule has 122 valence electrons. The summed E-state index contributed by atoms with van der Waals surface area (Å²) in [7, 11) is 0. The summed E-state index contributed by atoms with van der Waals surface area (Å²) in [4.78, 5) is 11.9. The Labute approximate surface area is 140 Å². The van der Waals surface area contributed by atoms with E-state index in [0.717, 1.165) is 16.7 Å². The molecule has 1 aromatic heterocycles. The highest BCUT2D eigenvalue weighted by molar-refractivity contribution is 5.76. The Morgan fingerprint density at radius 2 is 1.79 bits per heavy atom. The molecule has 2 aromatic carbocycles. The molecule has 0 bridgehead atoms. The third-order valence-electron chi connectivity index (χ3n) is 3.88. The van der Waals surface area contributed by atoms with Crippen LogP contribution >= 0.6 is 0 Å². The van der Waals surface area contributed by atoms with Crippen LogP contribution in [-0.2, 0) is 17.8 Å². The van der Waals surface area contributed by atoms with Crippen LogP contribution in [-0.4, -0.2) is 5.91 Å². The molecule has 0 saturated carbocycles. The van der Waals surface area contributed by atoms with E-state index in [9.17, 15) is 9.18 Å². The molecular weight excluding hydrogens is 305 g/mol. The van der Waals surface area contributed by atoms with E-state index in [0.29, 0.717) is 18.5 Å². The van der Waals surface area contributed by atoms with Gasteiger partial charge in [-0.25, -0.2) is 4.39 Å². The number of hydrogen-bond acceptors (Lipinski definition) is 2. The maximum Gasteiger partial charge on any atom is 0.220 e. The van der Waals surface area contributed by atoms with Crippen LogP contribution in [0.5, 0.6) is 0 Å². The maximum absolute atomic E-state index is 13.5. The highest BCUT2D eigenvalue weighted by atomic mass is 19.1. The zero-order valence-corrected chi connectivity index (χ0v) is 13.2. The van der Waals surface area contributed by atoms with Crippen molar-refractivity contribution >= 4 is 5.91 Å². The van der Waals surface area contributed by atoms with Gasteiger partial charge in [0.25, 0.3) is 0 Å². The summed E-state index contributed by atoms with van der Waals surface area (Å²) in [5.74, 6) is -0.350. The van der Waals surface area contributed by atoms with Crippen molar-refractivity contribution < 1.29 is 13.6 Å². The van der Waals surface area contributed by atoms with E-state index >= 15 is 0 Å². The third kappa shape index (κ3) is 4.10. The standard InChI is InChI=1S/C20H18FNO2/c21-19-4-2-1-3-17(19)9-10-20(23)22-13-15-5-7-16(8-6-15)18-11-12-24-14-18/h1-8,11-12,14H,9-10,13H2,(H,22,23). The van der Waals surface area contributed by atoms with Gasteiger partial charge in [-0.1, -0.05) is 42.5 Å². The zero-order chi connectivity index (χ0) is 16.8. The Morgan fingerprint density at radius 3 is 2.50 bits per heavy atom. The summed E-state index contributed by atoms with van der Waals surface area (Å²) >= 11 is 0. The van der Waals surface area contributed by atoms with Crippen LogP contribution in [0.1, 0.15) is 17.5 Å². The van der Waals surface area contributed by atoms with E-state index in [4.69, 9.17) is 4.42 Å². The number of carbonyl (C=O) groups excluding carboxylic acids is 1. The molecule has 0 unspecified atom stereocenters. The average molecular weight is 323 g/mol. The van der Waals surface area contributed by atoms with Crippen molar-refractivity contribution in [2.45, 2.75) is 19.4 Å². The first kappa shape index (κ1) is 16.0. The van der Waals surface area contributed by atoms with Gasteiger partial charge in [0.2, 0.25) is 5.91 Å². The first-order chi connectivity index (χ1) is 11.7. The summed E-state index contributed by atoms with van der Waals surface area (Å²) in [6.45, 7) is 0.460. The predicted molar refractivity (Wildman–Crippen MR) is 90.7 cm³/mol. The lowest BCUT2D eigenvalue weighted by atomic mass is 10.1. The van der Waals surface area contributed by atoms with Gasteiger partial charge in [0.05, 0.1) is 12.5 Å². The monoisotopic (exact) mass is 323 g/mol. The van der Waals surface area contributed by atoms with Crippen molar-refractivity contribution in [1.82, 2.24) is 5.32 Å². The number of aryl methyl sites for hydroxylation is 1. The molecule has 0 saturated heterocycles. The molecule has 0 aliphatic carbocycles. The van der Waals surface area contributed by atoms with Gasteiger partial charge in [0.1, 0.15) is 5.82 Å². The quantitative estimate of drug-likeness (QED) is 0.733. The summed E-state index contributed by atoms with van der Waals surface area (Å²) < 4.78 is 18.6. The van der Waals surface area contributed by atoms with Crippen LogP contribution in [0.2, 0.25) is 0 Å². The van der Waals surface area contributed by atoms with Crippen LogP contribution in [0.3, 0.4) is 0 Å². The van der Waals surface area contributed by atoms with E-state index in [1.165, 1.54) is 6.07 Å². The minimum Gasteiger partial charge on any atom is -0.472 e. The van der Waals surface area contributed by atoms with Gasteiger partial charge < -0.3 is 9.73 Å². The largest absolute Gasteiger partial charge is 0.472 e. The fourth-order valence-corrected chi connectivity index (χ4v) is 2.48. The van der Waals surface area contributed by atoms with Crippen LogP contribution in [0.25, 0.3) is 11.1 Å². The number of hydrogen-bond donors (Lipinski definition) is 1. The highest BCUT2D eigenvalue weighted by Gasteiger charge is 2.06. The number of carbonyl (C=O) groups is 1. The van der Waals surface area contributed by atoms with Crippen molar-refractivity contribution in [2.75, 3.05) is 0 Å². The van der Waals surface area contributed by atoms with Crippen LogP contribution in [0, 0.1) is 5.82 Å². The molecule has 0 atom stereocenters. The lowest BCUT2D eigenvalue weighted by molar-refractivity contribution is -0.121. The molecule has 0 fully saturated rings. The van der Waals surface area contributed by atoms with Crippen molar-refractivity contribution in [3.63, 3.8) is 0 Å². The molecule has 1 N–H and O–H groups in total. The van der Waals surface area contributed by atoms with Gasteiger partial charge in [0.15, 0.2) is 0 Å². The minimum absolute atomic E-state index is 0.0860. The summed E-state index contributed by atoms with van der Waals surface area (Å²) in [5.41, 5.74) is 3.67. The normalized spacial score (nSPS) is 10.5. The molecule has 0 aliphatic heterocycles. The summed E-state index contributed by atoms with van der Waals surface area (Å²) in [6.07, 6.45) is 4.00. The number of halogens is 1. The Hall–Kier alpha value is -2.88. The maximum atomic E-state index is 13.5. The molecule has 4 heteroatoms. The molecule has 0 aliphatic rings. The third-order valence-corrected chi connectivity index (χ3v) is 3.88. The van der Waals surface area contributed by atoms with E-state index in [1.807, 2.05) is 30.3 Å². The SMILES string of the molecule is O=C(CCc1ccccc1F)NCc1ccc(-c2ccoc2)cc1. The average Bonchev–Trinajstić information content (AvgIpc) is 3.14. The van der Waals surface area contributed by atoms with E-state index in [2.05, 4.69) is 5.32 Å². The molecule has 1 amide bonds. The van der Waals surface area contributed by atoms with E-state index in [1.54, 1.807) is 30.7 Å². The van der Waals surface area contributed by atoms with Crippen molar-refractivity contribution in [2.24, 2.45) is 0 Å². The number of nitrogens with one attached hydrogen (secondary N) is 1. The highest BCUT2D eigenvalue weighted by Crippen LogP contribution is 2.20. The lowest BCUT2D eigenvalue weighted by Gasteiger charge is -2.07. The van der Waals surface area contributed by atoms with Crippen LogP contribution in [0.15, 0.2) is 71.5 Å². The summed E-state index contributed by atoms with van der Waals surface area (Å²) in [6, 6.07) is 16.4. The Kier molecular flexibility index (Phi) is 5.06. The fraction of sp³-hybridized carbons (Fsp3) is 0.150. The van der Waals surface area contributed by atoms with Crippen molar-refractivity contribution in [1.29, 1.82) is 0 Å². The van der Waals surface area contributed by atoms with Crippen molar-refractivity contribution in [3.05, 3.63) is 84.1 Å². The Morgan fingerprint density at radius 1 is 1.00 bits per heavy atom. The van der Waals surface area contributed by atoms with Crippen molar-refractivity contribution in [3.8, 4) is 11.1 Å². The summed E-state index contributed by atoms with van der Waals surface area (Å²) in [5, 5.41) is 2.86. The second kappa shape index (κ2) is 7.59. The number of amides is 1.